The molecular weight excluding hydrogens is 466 g/mol. The quantitative estimate of drug-likeness (QED) is 0.259. The minimum Gasteiger partial charge on any atom is -0.382 e. The summed E-state index contributed by atoms with van der Waals surface area (Å²) in [6, 6.07) is 11.6. The smallest absolute Gasteiger partial charge is 0.382 e. The third-order valence-corrected chi connectivity index (χ3v) is 6.60. The van der Waals surface area contributed by atoms with Crippen molar-refractivity contribution in [2.24, 2.45) is 0 Å². The van der Waals surface area contributed by atoms with Crippen LogP contribution in [-0.2, 0) is 6.18 Å². The van der Waals surface area contributed by atoms with E-state index in [1.54, 1.807) is 37.3 Å². The zero-order chi connectivity index (χ0) is 24.5. The molecule has 178 valence electrons. The van der Waals surface area contributed by atoms with Crippen molar-refractivity contribution >= 4 is 39.6 Å². The number of alkyl halides is 3. The number of thiocarbonyl (C=S) groups is 1. The van der Waals surface area contributed by atoms with Crippen molar-refractivity contribution in [2.45, 2.75) is 50.9 Å². The second-order valence-electron chi connectivity index (χ2n) is 8.43. The molecule has 4 nitrogen and oxygen atoms in total. The van der Waals surface area contributed by atoms with Crippen LogP contribution in [-0.4, -0.2) is 27.8 Å². The van der Waals surface area contributed by atoms with Crippen molar-refractivity contribution < 1.29 is 22.4 Å². The standard InChI is InChI=1S/C25H23F4N3OS/c1-14-16(6-4-7-18(14)26)24(33)32-20-11-9-15(10-12-22(20)34)30-21-13-23(25(27,28)29)31-19-8-3-2-5-17(19)21/h2-8,13,15,20H,9-12H2,1H3,(H,30,31)(H,32,33)/t15-,20+/m1/s1. The third kappa shape index (κ3) is 5.19. The van der Waals surface area contributed by atoms with Gasteiger partial charge in [-0.05, 0) is 62.4 Å². The normalized spacial score (nSPS) is 19.0. The second-order valence-corrected chi connectivity index (χ2v) is 8.96. The lowest BCUT2D eigenvalue weighted by Gasteiger charge is -2.21. The molecule has 9 heteroatoms. The number of anilines is 1. The molecule has 0 bridgehead atoms. The molecule has 1 aliphatic rings. The molecule has 0 saturated heterocycles. The van der Waals surface area contributed by atoms with Crippen LogP contribution in [0.1, 0.15) is 47.3 Å². The fourth-order valence-electron chi connectivity index (χ4n) is 4.21. The van der Waals surface area contributed by atoms with E-state index in [1.807, 2.05) is 0 Å². The van der Waals surface area contributed by atoms with E-state index in [1.165, 1.54) is 12.1 Å². The first kappa shape index (κ1) is 24.1. The van der Waals surface area contributed by atoms with E-state index in [9.17, 15) is 22.4 Å². The van der Waals surface area contributed by atoms with Crippen LogP contribution in [0.25, 0.3) is 10.9 Å². The average Bonchev–Trinajstić information content (AvgIpc) is 2.96. The van der Waals surface area contributed by atoms with E-state index in [4.69, 9.17) is 12.2 Å². The number of carbonyl (C=O) groups excluding carboxylic acids is 1. The summed E-state index contributed by atoms with van der Waals surface area (Å²) in [4.78, 5) is 17.2. The number of benzene rings is 2. The van der Waals surface area contributed by atoms with Gasteiger partial charge in [0.05, 0.1) is 11.6 Å². The molecule has 4 rings (SSSR count). The molecule has 0 aliphatic heterocycles. The highest BCUT2D eigenvalue weighted by atomic mass is 32.1. The number of nitrogens with zero attached hydrogens (tertiary/aromatic N) is 1. The first-order chi connectivity index (χ1) is 16.1. The summed E-state index contributed by atoms with van der Waals surface area (Å²) in [5.41, 5.74) is 0.202. The molecule has 0 spiro atoms. The van der Waals surface area contributed by atoms with Crippen molar-refractivity contribution in [1.29, 1.82) is 0 Å². The summed E-state index contributed by atoms with van der Waals surface area (Å²) in [6.07, 6.45) is -2.32. The Hall–Kier alpha value is -3.07. The number of amides is 1. The van der Waals surface area contributed by atoms with Gasteiger partial charge >= 0.3 is 6.18 Å². The average molecular weight is 490 g/mol. The van der Waals surface area contributed by atoms with Crippen molar-refractivity contribution in [3.05, 3.63) is 71.2 Å². The molecule has 1 heterocycles. The predicted octanol–water partition coefficient (Wildman–Crippen LogP) is 6.22. The monoisotopic (exact) mass is 489 g/mol. The van der Waals surface area contributed by atoms with Gasteiger partial charge in [0.25, 0.3) is 5.91 Å². The summed E-state index contributed by atoms with van der Waals surface area (Å²) in [6.45, 7) is 1.55. The Bertz CT molecular complexity index is 1240. The van der Waals surface area contributed by atoms with Crippen molar-refractivity contribution in [3.63, 3.8) is 0 Å². The molecule has 1 aromatic heterocycles. The van der Waals surface area contributed by atoms with Gasteiger partial charge < -0.3 is 10.6 Å². The zero-order valence-corrected chi connectivity index (χ0v) is 19.2. The Kier molecular flexibility index (Phi) is 6.84. The van der Waals surface area contributed by atoms with Gasteiger partial charge in [-0.15, -0.1) is 0 Å². The van der Waals surface area contributed by atoms with Crippen molar-refractivity contribution in [2.75, 3.05) is 5.32 Å². The Morgan fingerprint density at radius 3 is 2.62 bits per heavy atom. The summed E-state index contributed by atoms with van der Waals surface area (Å²) in [7, 11) is 0. The van der Waals surface area contributed by atoms with Gasteiger partial charge in [0.2, 0.25) is 0 Å². The largest absolute Gasteiger partial charge is 0.433 e. The fraction of sp³-hybridized carbons (Fsp3) is 0.320. The molecular formula is C25H23F4N3OS. The number of hydrogen-bond acceptors (Lipinski definition) is 4. The van der Waals surface area contributed by atoms with Crippen LogP contribution in [0.4, 0.5) is 23.2 Å². The Morgan fingerprint density at radius 1 is 1.09 bits per heavy atom. The fourth-order valence-corrected chi connectivity index (χ4v) is 4.50. The molecule has 0 radical (unpaired) electrons. The molecule has 2 atom stereocenters. The molecule has 3 aromatic rings. The minimum absolute atomic E-state index is 0.136. The van der Waals surface area contributed by atoms with E-state index in [0.717, 1.165) is 6.07 Å². The lowest BCUT2D eigenvalue weighted by Crippen LogP contribution is -2.39. The first-order valence-electron chi connectivity index (χ1n) is 11.0. The number of nitrogens with one attached hydrogen (secondary N) is 2. The van der Waals surface area contributed by atoms with Gasteiger partial charge in [-0.25, -0.2) is 9.37 Å². The number of rotatable bonds is 4. The van der Waals surface area contributed by atoms with Gasteiger partial charge in [0.1, 0.15) is 11.5 Å². The van der Waals surface area contributed by atoms with Crippen LogP contribution in [0.3, 0.4) is 0 Å². The number of hydrogen-bond donors (Lipinski definition) is 2. The zero-order valence-electron chi connectivity index (χ0n) is 18.4. The number of para-hydroxylation sites is 1. The molecule has 1 amide bonds. The summed E-state index contributed by atoms with van der Waals surface area (Å²) in [5, 5.41) is 6.77. The summed E-state index contributed by atoms with van der Waals surface area (Å²) < 4.78 is 54.0. The lowest BCUT2D eigenvalue weighted by molar-refractivity contribution is -0.140. The number of fused-ring (bicyclic) bond motifs is 1. The number of pyridine rings is 1. The SMILES string of the molecule is Cc1c(F)cccc1C(=O)N[C@H]1CC[C@@H](Nc2cc(C(F)(F)F)nc3ccccc23)CCC1=S. The van der Waals surface area contributed by atoms with Crippen LogP contribution in [0, 0.1) is 12.7 Å². The van der Waals surface area contributed by atoms with Gasteiger partial charge in [0, 0.05) is 27.5 Å². The van der Waals surface area contributed by atoms with Gasteiger partial charge in [-0.2, -0.15) is 13.2 Å². The highest BCUT2D eigenvalue weighted by Gasteiger charge is 2.34. The van der Waals surface area contributed by atoms with Crippen LogP contribution in [0.5, 0.6) is 0 Å². The van der Waals surface area contributed by atoms with E-state index in [2.05, 4.69) is 15.6 Å². The van der Waals surface area contributed by atoms with Crippen LogP contribution < -0.4 is 10.6 Å². The molecule has 34 heavy (non-hydrogen) atoms. The van der Waals surface area contributed by atoms with Crippen molar-refractivity contribution in [1.82, 2.24) is 10.3 Å². The Morgan fingerprint density at radius 2 is 1.85 bits per heavy atom. The Balaban J connectivity index is 1.50. The van der Waals surface area contributed by atoms with E-state index >= 15 is 0 Å². The number of halogens is 4. The summed E-state index contributed by atoms with van der Waals surface area (Å²) in [5.74, 6) is -0.853. The molecule has 2 N–H and O–H groups in total. The van der Waals surface area contributed by atoms with Crippen LogP contribution in [0.2, 0.25) is 0 Å². The molecule has 2 aromatic carbocycles. The molecule has 0 unspecified atom stereocenters. The molecule has 1 fully saturated rings. The highest BCUT2D eigenvalue weighted by Crippen LogP contribution is 2.34. The predicted molar refractivity (Wildman–Crippen MR) is 128 cm³/mol. The van der Waals surface area contributed by atoms with Gasteiger partial charge in [0.15, 0.2) is 0 Å². The van der Waals surface area contributed by atoms with Crippen molar-refractivity contribution in [3.8, 4) is 0 Å². The molecule has 1 saturated carbocycles. The van der Waals surface area contributed by atoms with Gasteiger partial charge in [-0.3, -0.25) is 4.79 Å². The van der Waals surface area contributed by atoms with E-state index in [-0.39, 0.29) is 28.7 Å². The van der Waals surface area contributed by atoms with Crippen LogP contribution in [0.15, 0.2) is 48.5 Å². The highest BCUT2D eigenvalue weighted by molar-refractivity contribution is 7.80. The van der Waals surface area contributed by atoms with E-state index < -0.39 is 23.6 Å². The number of carbonyl (C=O) groups is 1. The first-order valence-corrected chi connectivity index (χ1v) is 11.4. The maximum Gasteiger partial charge on any atom is 0.433 e. The molecule has 1 aliphatic carbocycles. The second kappa shape index (κ2) is 9.66. The minimum atomic E-state index is -4.56. The maximum atomic E-state index is 13.8. The maximum absolute atomic E-state index is 13.8. The van der Waals surface area contributed by atoms with E-state index in [0.29, 0.717) is 41.6 Å². The summed E-state index contributed by atoms with van der Waals surface area (Å²) >= 11 is 5.53. The topological polar surface area (TPSA) is 54.0 Å². The number of aromatic nitrogens is 1. The Labute approximate surface area is 199 Å². The third-order valence-electron chi connectivity index (χ3n) is 6.12. The lowest BCUT2D eigenvalue weighted by atomic mass is 10.0. The van der Waals surface area contributed by atoms with Crippen LogP contribution >= 0.6 is 12.2 Å². The van der Waals surface area contributed by atoms with Gasteiger partial charge in [-0.1, -0.05) is 36.5 Å².